The van der Waals surface area contributed by atoms with Crippen LogP contribution in [0.25, 0.3) is 0 Å². The Balaban J connectivity index is -0.00000000300. The van der Waals surface area contributed by atoms with Crippen molar-refractivity contribution >= 4 is 17.7 Å². The van der Waals surface area contributed by atoms with Gasteiger partial charge in [0, 0.05) is 0 Å². The summed E-state index contributed by atoms with van der Waals surface area (Å²) in [6.45, 7) is 0. The standard InChI is InChI=1S/3ClH.6H2O.Pm/h3*1H;6*1H2;/q;;;;;;;;;+3/p-3. The van der Waals surface area contributed by atoms with Crippen LogP contribution in [0.1, 0.15) is 0 Å². The summed E-state index contributed by atoms with van der Waals surface area (Å²) in [5.41, 5.74) is 0. The van der Waals surface area contributed by atoms with Crippen LogP contribution in [-0.2, 0) is 0 Å². The van der Waals surface area contributed by atoms with Gasteiger partial charge in [-0.25, -0.2) is 0 Å². The van der Waals surface area contributed by atoms with Gasteiger partial charge in [0.05, 0.1) is 0 Å². The number of hydrogen-bond donors (Lipinski definition) is 0. The summed E-state index contributed by atoms with van der Waals surface area (Å²) in [7, 11) is 0. The Morgan fingerprint density at radius 1 is 0.500 bits per heavy atom. The maximum absolute atomic E-state index is 5.01. The minimum atomic E-state index is -2.18. The predicted molar refractivity (Wildman–Crippen MR) is 39.2 cm³/mol. The third kappa shape index (κ3) is 207. The molecule has 0 radical (unpaired) electrons. The van der Waals surface area contributed by atoms with Crippen LogP contribution < -0.4 is 0 Å². The topological polar surface area (TPSA) is 189 Å². The normalized spacial score (nSPS) is 3.60. The first-order chi connectivity index (χ1) is 1.73. The van der Waals surface area contributed by atoms with Crippen molar-refractivity contribution in [3.63, 3.8) is 0 Å². The number of halogens is 3. The van der Waals surface area contributed by atoms with Crippen LogP contribution in [0.3, 0.4) is 0 Å². The second kappa shape index (κ2) is 44.2. The Labute approximate surface area is 78.9 Å². The molecule has 0 rings (SSSR count). The molecule has 0 atom stereocenters. The van der Waals surface area contributed by atoms with Gasteiger partial charge in [-0.3, -0.25) is 0 Å². The van der Waals surface area contributed by atoms with Crippen LogP contribution in [0.15, 0.2) is 0 Å². The molecular formula is H12Cl3O6Pm. The summed E-state index contributed by atoms with van der Waals surface area (Å²) in [4.78, 5) is 0. The Bertz CT molecular complexity index is 17.7. The van der Waals surface area contributed by atoms with Crippen LogP contribution in [0.2, 0.25) is 0 Å². The van der Waals surface area contributed by atoms with Gasteiger partial charge in [-0.2, -0.15) is 0 Å². The molecule has 6 nitrogen and oxygen atoms in total. The van der Waals surface area contributed by atoms with Gasteiger partial charge in [0.1, 0.15) is 0 Å². The quantitative estimate of drug-likeness (QED) is 0.430. The van der Waals surface area contributed by atoms with Gasteiger partial charge in [0.25, 0.3) is 0 Å². The molecule has 0 amide bonds. The predicted octanol–water partition coefficient (Wildman–Crippen LogP) is -2.88. The first-order valence-electron chi connectivity index (χ1n) is 0.507. The molecule has 0 aromatic heterocycles. The molecule has 0 aromatic rings. The molecule has 0 aliphatic rings. The molecule has 0 unspecified atom stereocenters. The van der Waals surface area contributed by atoms with E-state index in [0.717, 1.165) is 0 Å². The van der Waals surface area contributed by atoms with Crippen molar-refractivity contribution < 1.29 is 62.4 Å². The van der Waals surface area contributed by atoms with E-state index in [1.54, 1.807) is 0 Å². The molecule has 0 aliphatic heterocycles. The molecule has 0 fully saturated rings. The van der Waals surface area contributed by atoms with Crippen LogP contribution in [0, 0.1) is 29.6 Å². The zero-order valence-corrected chi connectivity index (χ0v) is 9.72. The Hall–Kier alpha value is 1.97. The SMILES string of the molecule is O.O.O.O.O.O.[Cl][Pm]([Cl])[Cl]. The van der Waals surface area contributed by atoms with Crippen molar-refractivity contribution in [3.8, 4) is 0 Å². The van der Waals surface area contributed by atoms with E-state index < -0.39 is 29.6 Å². The summed E-state index contributed by atoms with van der Waals surface area (Å²) < 4.78 is 0. The van der Waals surface area contributed by atoms with E-state index >= 15 is 0 Å². The van der Waals surface area contributed by atoms with Crippen LogP contribution in [0.5, 0.6) is 0 Å². The van der Waals surface area contributed by atoms with Crippen molar-refractivity contribution in [1.82, 2.24) is 0 Å². The first kappa shape index (κ1) is 58.3. The average Bonchev–Trinajstić information content (AvgIpc) is 0.811. The van der Waals surface area contributed by atoms with Crippen molar-refractivity contribution in [2.45, 2.75) is 0 Å². The molecule has 0 spiro atoms. The second-order valence-electron chi connectivity index (χ2n) is 0.192. The van der Waals surface area contributed by atoms with Gasteiger partial charge in [-0.15, -0.1) is 0 Å². The van der Waals surface area contributed by atoms with E-state index in [1.165, 1.54) is 0 Å². The minimum absolute atomic E-state index is 0. The zero-order valence-electron chi connectivity index (χ0n) is 4.58. The van der Waals surface area contributed by atoms with E-state index in [-0.39, 0.29) is 32.9 Å². The van der Waals surface area contributed by atoms with Crippen molar-refractivity contribution in [1.29, 1.82) is 0 Å². The molecule has 10 heavy (non-hydrogen) atoms. The molecule has 0 bridgehead atoms. The molecule has 0 saturated carbocycles. The molecule has 0 aromatic carbocycles. The van der Waals surface area contributed by atoms with Gasteiger partial charge < -0.3 is 32.9 Å². The van der Waals surface area contributed by atoms with E-state index in [0.29, 0.717) is 0 Å². The molecule has 0 aliphatic carbocycles. The number of hydrogen-bond acceptors (Lipinski definition) is 0. The van der Waals surface area contributed by atoms with Crippen LogP contribution >= 0.6 is 17.7 Å². The summed E-state index contributed by atoms with van der Waals surface area (Å²) in [6, 6.07) is 0. The Kier molecular flexibility index (Phi) is 258. The van der Waals surface area contributed by atoms with E-state index in [9.17, 15) is 0 Å². The van der Waals surface area contributed by atoms with Crippen molar-refractivity contribution in [2.75, 3.05) is 0 Å². The van der Waals surface area contributed by atoms with Crippen molar-refractivity contribution in [2.24, 2.45) is 0 Å². The second-order valence-corrected chi connectivity index (χ2v) is 12.8. The molecule has 10 heteroatoms. The molecular weight excluding hydrogens is 347 g/mol. The summed E-state index contributed by atoms with van der Waals surface area (Å²) >= 11 is -2.18. The van der Waals surface area contributed by atoms with E-state index in [4.69, 9.17) is 17.7 Å². The maximum atomic E-state index is 5.01. The summed E-state index contributed by atoms with van der Waals surface area (Å²) in [5.74, 6) is 15.0. The van der Waals surface area contributed by atoms with E-state index in [1.807, 2.05) is 0 Å². The van der Waals surface area contributed by atoms with Gasteiger partial charge in [0.15, 0.2) is 0 Å². The Morgan fingerprint density at radius 2 is 0.500 bits per heavy atom. The third-order valence-corrected chi connectivity index (χ3v) is 0. The molecule has 0 saturated heterocycles. The summed E-state index contributed by atoms with van der Waals surface area (Å²) in [6.07, 6.45) is 0. The van der Waals surface area contributed by atoms with Crippen molar-refractivity contribution in [3.05, 3.63) is 0 Å². The van der Waals surface area contributed by atoms with Gasteiger partial charge in [-0.05, 0) is 0 Å². The third-order valence-electron chi connectivity index (χ3n) is 0. The van der Waals surface area contributed by atoms with E-state index in [2.05, 4.69) is 0 Å². The molecule has 74 valence electrons. The average molecular weight is 359 g/mol. The monoisotopic (exact) mass is 358 g/mol. The zero-order chi connectivity index (χ0) is 3.58. The Morgan fingerprint density at radius 3 is 0.500 bits per heavy atom. The first-order valence-corrected chi connectivity index (χ1v) is 11.3. The molecule has 0 heterocycles. The van der Waals surface area contributed by atoms with Gasteiger partial charge in [0.2, 0.25) is 0 Å². The fourth-order valence-corrected chi connectivity index (χ4v) is 0. The fourth-order valence-electron chi connectivity index (χ4n) is 0. The van der Waals surface area contributed by atoms with Crippen LogP contribution in [-0.4, -0.2) is 32.9 Å². The number of rotatable bonds is 0. The van der Waals surface area contributed by atoms with Gasteiger partial charge in [-0.1, -0.05) is 0 Å². The van der Waals surface area contributed by atoms with Gasteiger partial charge >= 0.3 is 47.2 Å². The fraction of sp³-hybridized carbons (Fsp3) is 0. The summed E-state index contributed by atoms with van der Waals surface area (Å²) in [5, 5.41) is 0. The van der Waals surface area contributed by atoms with Crippen LogP contribution in [0.4, 0.5) is 0 Å². The molecule has 12 N–H and O–H groups in total.